The topological polar surface area (TPSA) is 126 Å². The van der Waals surface area contributed by atoms with Crippen LogP contribution < -0.4 is 26.0 Å². The van der Waals surface area contributed by atoms with E-state index in [9.17, 15) is 14.4 Å². The van der Waals surface area contributed by atoms with Crippen molar-refractivity contribution in [2.24, 2.45) is 0 Å². The van der Waals surface area contributed by atoms with E-state index in [1.165, 1.54) is 14.2 Å². The van der Waals surface area contributed by atoms with Crippen LogP contribution in [0.15, 0.2) is 32.8 Å². The van der Waals surface area contributed by atoms with Gasteiger partial charge in [0.15, 0.2) is 5.03 Å². The lowest BCUT2D eigenvalue weighted by molar-refractivity contribution is -0.113. The van der Waals surface area contributed by atoms with E-state index in [0.717, 1.165) is 11.8 Å². The minimum Gasteiger partial charge on any atom is -0.497 e. The summed E-state index contributed by atoms with van der Waals surface area (Å²) in [6.45, 7) is 0. The maximum absolute atomic E-state index is 12.0. The fourth-order valence-corrected chi connectivity index (χ4v) is 2.29. The number of methoxy groups -OCH3 is 2. The Morgan fingerprint density at radius 3 is 2.74 bits per heavy atom. The van der Waals surface area contributed by atoms with Gasteiger partial charge in [-0.2, -0.15) is 5.10 Å². The van der Waals surface area contributed by atoms with Gasteiger partial charge < -0.3 is 14.8 Å². The lowest BCUT2D eigenvalue weighted by Crippen LogP contribution is -2.25. The van der Waals surface area contributed by atoms with Gasteiger partial charge in [0.05, 0.1) is 25.7 Å². The van der Waals surface area contributed by atoms with Crippen molar-refractivity contribution in [3.05, 3.63) is 39.0 Å². The number of hydrogen-bond acceptors (Lipinski definition) is 7. The predicted octanol–water partition coefficient (Wildman–Crippen LogP) is 0.206. The van der Waals surface area contributed by atoms with Crippen LogP contribution in [0.2, 0.25) is 0 Å². The van der Waals surface area contributed by atoms with Crippen molar-refractivity contribution in [2.75, 3.05) is 25.3 Å². The lowest BCUT2D eigenvalue weighted by Gasteiger charge is -2.11. The van der Waals surface area contributed by atoms with Crippen LogP contribution in [0, 0.1) is 0 Å². The van der Waals surface area contributed by atoms with E-state index in [1.807, 2.05) is 4.98 Å². The molecule has 3 N–H and O–H groups in total. The van der Waals surface area contributed by atoms with Gasteiger partial charge in [-0.25, -0.2) is 9.89 Å². The number of carbonyl (C=O) groups is 1. The number of ether oxygens (including phenoxy) is 2. The molecule has 1 amide bonds. The van der Waals surface area contributed by atoms with Crippen molar-refractivity contribution in [2.45, 2.75) is 5.03 Å². The van der Waals surface area contributed by atoms with Crippen molar-refractivity contribution < 1.29 is 14.3 Å². The van der Waals surface area contributed by atoms with E-state index >= 15 is 0 Å². The van der Waals surface area contributed by atoms with Gasteiger partial charge >= 0.3 is 5.69 Å². The van der Waals surface area contributed by atoms with Crippen LogP contribution >= 0.6 is 11.8 Å². The Kier molecular flexibility index (Phi) is 5.41. The number of rotatable bonds is 6. The molecule has 1 heterocycles. The second kappa shape index (κ2) is 7.49. The fourth-order valence-electron chi connectivity index (χ4n) is 1.66. The smallest absolute Gasteiger partial charge is 0.342 e. The Morgan fingerprint density at radius 2 is 2.09 bits per heavy atom. The minimum absolute atomic E-state index is 0.00134. The monoisotopic (exact) mass is 338 g/mol. The highest BCUT2D eigenvalue weighted by Crippen LogP contribution is 2.29. The molecule has 0 saturated heterocycles. The third kappa shape index (κ3) is 4.36. The second-order valence-corrected chi connectivity index (χ2v) is 5.18. The van der Waals surface area contributed by atoms with Crippen molar-refractivity contribution >= 4 is 23.4 Å². The molecule has 0 spiro atoms. The van der Waals surface area contributed by atoms with Gasteiger partial charge in [0, 0.05) is 6.07 Å². The van der Waals surface area contributed by atoms with E-state index in [2.05, 4.69) is 15.5 Å². The van der Waals surface area contributed by atoms with E-state index in [4.69, 9.17) is 9.47 Å². The quantitative estimate of drug-likeness (QED) is 0.643. The number of nitrogens with zero attached hydrogens (tertiary/aromatic N) is 1. The molecule has 2 aromatic rings. The average Bonchev–Trinajstić information content (AvgIpc) is 2.54. The Balaban J connectivity index is 2.02. The molecule has 0 saturated carbocycles. The second-order valence-electron chi connectivity index (χ2n) is 4.22. The molecule has 0 fully saturated rings. The molecule has 2 rings (SSSR count). The van der Waals surface area contributed by atoms with Crippen LogP contribution in [0.25, 0.3) is 0 Å². The van der Waals surface area contributed by atoms with Crippen molar-refractivity contribution in [1.82, 2.24) is 15.2 Å². The summed E-state index contributed by atoms with van der Waals surface area (Å²) in [5, 5.41) is 8.33. The summed E-state index contributed by atoms with van der Waals surface area (Å²) in [4.78, 5) is 36.3. The Hall–Kier alpha value is -2.75. The van der Waals surface area contributed by atoms with Gasteiger partial charge in [0.2, 0.25) is 5.91 Å². The first-order valence-corrected chi connectivity index (χ1v) is 7.35. The first-order chi connectivity index (χ1) is 11.0. The number of thioether (sulfide) groups is 1. The van der Waals surface area contributed by atoms with Crippen LogP contribution in [0.5, 0.6) is 11.5 Å². The lowest BCUT2D eigenvalue weighted by atomic mass is 10.2. The first kappa shape index (κ1) is 16.6. The van der Waals surface area contributed by atoms with Gasteiger partial charge in [-0.15, -0.1) is 0 Å². The third-order valence-corrected chi connectivity index (χ3v) is 3.66. The summed E-state index contributed by atoms with van der Waals surface area (Å²) >= 11 is 0.902. The molecule has 0 bridgehead atoms. The van der Waals surface area contributed by atoms with Gasteiger partial charge in [0.1, 0.15) is 11.5 Å². The first-order valence-electron chi connectivity index (χ1n) is 6.37. The van der Waals surface area contributed by atoms with Crippen LogP contribution in [0.1, 0.15) is 0 Å². The number of hydrogen-bond donors (Lipinski definition) is 3. The zero-order chi connectivity index (χ0) is 16.8. The summed E-state index contributed by atoms with van der Waals surface area (Å²) in [7, 11) is 3.00. The van der Waals surface area contributed by atoms with Gasteiger partial charge in [0.25, 0.3) is 5.56 Å². The molecule has 10 heteroatoms. The Labute approximate surface area is 134 Å². The van der Waals surface area contributed by atoms with Gasteiger partial charge in [-0.1, -0.05) is 11.8 Å². The van der Waals surface area contributed by atoms with E-state index in [0.29, 0.717) is 17.2 Å². The largest absolute Gasteiger partial charge is 0.497 e. The highest BCUT2D eigenvalue weighted by Gasteiger charge is 2.11. The zero-order valence-corrected chi connectivity index (χ0v) is 13.2. The SMILES string of the molecule is COc1ccc(NC(=O)CSc2n[nH]c(=O)[nH]c2=O)c(OC)c1. The molecule has 23 heavy (non-hydrogen) atoms. The Bertz CT molecular complexity index is 816. The number of amides is 1. The summed E-state index contributed by atoms with van der Waals surface area (Å²) in [5.74, 6) is 0.629. The fraction of sp³-hybridized carbons (Fsp3) is 0.231. The molecular weight excluding hydrogens is 324 g/mol. The molecular formula is C13H14N4O5S. The van der Waals surface area contributed by atoms with Crippen LogP contribution in [-0.2, 0) is 4.79 Å². The van der Waals surface area contributed by atoms with Gasteiger partial charge in [-0.3, -0.25) is 14.6 Å². The van der Waals surface area contributed by atoms with E-state index < -0.39 is 11.2 Å². The molecule has 0 radical (unpaired) electrons. The molecule has 1 aromatic carbocycles. The van der Waals surface area contributed by atoms with Crippen molar-refractivity contribution in [1.29, 1.82) is 0 Å². The average molecular weight is 338 g/mol. The number of anilines is 1. The zero-order valence-electron chi connectivity index (χ0n) is 12.3. The molecule has 0 aliphatic carbocycles. The molecule has 1 aromatic heterocycles. The summed E-state index contributed by atoms with van der Waals surface area (Å²) in [5.41, 5.74) is -0.873. The number of aromatic nitrogens is 3. The summed E-state index contributed by atoms with van der Waals surface area (Å²) in [6, 6.07) is 4.96. The summed E-state index contributed by atoms with van der Waals surface area (Å²) < 4.78 is 10.2. The standard InChI is InChI=1S/C13H14N4O5S/c1-21-7-3-4-8(9(5-7)22-2)14-10(18)6-23-12-11(19)15-13(20)17-16-12/h3-5H,6H2,1-2H3,(H,14,18)(H2,15,17,19,20). The normalized spacial score (nSPS) is 10.2. The van der Waals surface area contributed by atoms with Crippen LogP contribution in [-0.4, -0.2) is 41.1 Å². The molecule has 0 aliphatic rings. The number of H-pyrrole nitrogens is 2. The number of nitrogens with one attached hydrogen (secondary N) is 3. The highest BCUT2D eigenvalue weighted by atomic mass is 32.2. The minimum atomic E-state index is -0.702. The number of benzene rings is 1. The maximum Gasteiger partial charge on any atom is 0.342 e. The molecule has 0 aliphatic heterocycles. The van der Waals surface area contributed by atoms with E-state index in [-0.39, 0.29) is 16.7 Å². The van der Waals surface area contributed by atoms with Gasteiger partial charge in [-0.05, 0) is 12.1 Å². The third-order valence-electron chi connectivity index (χ3n) is 2.70. The number of carbonyl (C=O) groups excluding carboxylic acids is 1. The maximum atomic E-state index is 12.0. The van der Waals surface area contributed by atoms with Crippen LogP contribution in [0.4, 0.5) is 5.69 Å². The Morgan fingerprint density at radius 1 is 1.30 bits per heavy atom. The van der Waals surface area contributed by atoms with Crippen molar-refractivity contribution in [3.8, 4) is 11.5 Å². The summed E-state index contributed by atoms with van der Waals surface area (Å²) in [6.07, 6.45) is 0. The van der Waals surface area contributed by atoms with Crippen molar-refractivity contribution in [3.63, 3.8) is 0 Å². The molecule has 122 valence electrons. The molecule has 0 unspecified atom stereocenters. The molecule has 0 atom stereocenters. The number of aromatic amines is 2. The van der Waals surface area contributed by atoms with E-state index in [1.54, 1.807) is 18.2 Å². The predicted molar refractivity (Wildman–Crippen MR) is 84.4 cm³/mol. The molecule has 9 nitrogen and oxygen atoms in total. The highest BCUT2D eigenvalue weighted by molar-refractivity contribution is 7.99. The van der Waals surface area contributed by atoms with Crippen LogP contribution in [0.3, 0.4) is 0 Å².